The van der Waals surface area contributed by atoms with Crippen LogP contribution in [0.3, 0.4) is 0 Å². The lowest BCUT2D eigenvalue weighted by Gasteiger charge is -2.39. The summed E-state index contributed by atoms with van der Waals surface area (Å²) in [7, 11) is 0. The van der Waals surface area contributed by atoms with Crippen LogP contribution in [0.4, 0.5) is 0 Å². The summed E-state index contributed by atoms with van der Waals surface area (Å²) in [4.78, 5) is 34.6. The second kappa shape index (κ2) is 5.96. The fraction of sp³-hybridized carbons (Fsp3) is 0.294. The van der Waals surface area contributed by atoms with Crippen molar-refractivity contribution >= 4 is 33.4 Å². The maximum Gasteiger partial charge on any atom is 0.330 e. The summed E-state index contributed by atoms with van der Waals surface area (Å²) < 4.78 is 2.61. The summed E-state index contributed by atoms with van der Waals surface area (Å²) in [5.74, 6) is -0.955. The molecule has 1 aliphatic rings. The number of thiazole rings is 1. The molecule has 0 saturated carbocycles. The minimum absolute atomic E-state index is 0.0695. The Kier molecular flexibility index (Phi) is 3.76. The fourth-order valence-electron chi connectivity index (χ4n) is 3.35. The molecule has 1 amide bonds. The summed E-state index contributed by atoms with van der Waals surface area (Å²) in [5.41, 5.74) is 2.22. The number of carboxylic acid groups (broad SMARTS) is 1. The van der Waals surface area contributed by atoms with Crippen LogP contribution in [0.25, 0.3) is 10.2 Å². The van der Waals surface area contributed by atoms with Crippen molar-refractivity contribution in [2.75, 3.05) is 13.1 Å². The van der Waals surface area contributed by atoms with Crippen molar-refractivity contribution in [3.8, 4) is 0 Å². The first kappa shape index (κ1) is 15.8. The number of aliphatic carboxylic acids is 1. The zero-order valence-electron chi connectivity index (χ0n) is 13.3. The topological polar surface area (TPSA) is 88.3 Å². The highest BCUT2D eigenvalue weighted by molar-refractivity contribution is 7.16. The molecule has 7 nitrogen and oxygen atoms in total. The first-order valence-electron chi connectivity index (χ1n) is 7.94. The van der Waals surface area contributed by atoms with Crippen LogP contribution >= 0.6 is 11.3 Å². The molecule has 2 aromatic heterocycles. The van der Waals surface area contributed by atoms with Crippen LogP contribution in [-0.4, -0.2) is 49.5 Å². The average molecular weight is 356 g/mol. The van der Waals surface area contributed by atoms with Crippen LogP contribution in [-0.2, 0) is 10.3 Å². The van der Waals surface area contributed by atoms with Crippen molar-refractivity contribution in [1.82, 2.24) is 19.4 Å². The third kappa shape index (κ3) is 2.58. The minimum Gasteiger partial charge on any atom is -0.479 e. The van der Waals surface area contributed by atoms with Crippen LogP contribution in [0, 0.1) is 0 Å². The molecule has 1 saturated heterocycles. The van der Waals surface area contributed by atoms with Crippen molar-refractivity contribution in [1.29, 1.82) is 0 Å². The number of amides is 1. The number of benzene rings is 1. The van der Waals surface area contributed by atoms with Gasteiger partial charge in [-0.25, -0.2) is 14.8 Å². The van der Waals surface area contributed by atoms with Crippen molar-refractivity contribution < 1.29 is 14.7 Å². The van der Waals surface area contributed by atoms with Crippen LogP contribution in [0.15, 0.2) is 42.4 Å². The van der Waals surface area contributed by atoms with Gasteiger partial charge in [-0.15, -0.1) is 11.3 Å². The Morgan fingerprint density at radius 3 is 2.72 bits per heavy atom. The smallest absolute Gasteiger partial charge is 0.330 e. The SMILES string of the molecule is O=C(c1ccc2ncsc2c1)N1CCC(C(=O)O)(n2ccnc2)CC1. The highest BCUT2D eigenvalue weighted by Crippen LogP contribution is 2.31. The summed E-state index contributed by atoms with van der Waals surface area (Å²) in [6, 6.07) is 5.47. The normalized spacial score (nSPS) is 16.9. The lowest BCUT2D eigenvalue weighted by atomic mass is 9.87. The van der Waals surface area contributed by atoms with Gasteiger partial charge in [0.1, 0.15) is 5.54 Å². The van der Waals surface area contributed by atoms with E-state index in [1.54, 1.807) is 33.4 Å². The van der Waals surface area contributed by atoms with Crippen LogP contribution in [0.2, 0.25) is 0 Å². The van der Waals surface area contributed by atoms with Gasteiger partial charge >= 0.3 is 5.97 Å². The van der Waals surface area contributed by atoms with Gasteiger partial charge in [0.2, 0.25) is 0 Å². The molecule has 3 aromatic rings. The number of carbonyl (C=O) groups is 2. The molecule has 3 heterocycles. The Morgan fingerprint density at radius 1 is 1.24 bits per heavy atom. The molecule has 1 fully saturated rings. The molecule has 8 heteroatoms. The average Bonchev–Trinajstić information content (AvgIpc) is 3.32. The van der Waals surface area contributed by atoms with Crippen LogP contribution in [0.1, 0.15) is 23.2 Å². The van der Waals surface area contributed by atoms with Gasteiger partial charge in [0, 0.05) is 31.0 Å². The predicted octanol–water partition coefficient (Wildman–Crippen LogP) is 2.21. The molecule has 4 rings (SSSR count). The zero-order chi connectivity index (χ0) is 17.4. The third-order valence-corrected chi connectivity index (χ3v) is 5.64. The van der Waals surface area contributed by atoms with Gasteiger partial charge in [0.15, 0.2) is 0 Å². The Hall–Kier alpha value is -2.74. The van der Waals surface area contributed by atoms with E-state index in [4.69, 9.17) is 0 Å². The Morgan fingerprint density at radius 2 is 2.04 bits per heavy atom. The number of fused-ring (bicyclic) bond motifs is 1. The number of imidazole rings is 1. The molecule has 1 aromatic carbocycles. The molecular weight excluding hydrogens is 340 g/mol. The number of aromatic nitrogens is 3. The zero-order valence-corrected chi connectivity index (χ0v) is 14.1. The van der Waals surface area contributed by atoms with Gasteiger partial charge < -0.3 is 14.6 Å². The highest BCUT2D eigenvalue weighted by Gasteiger charge is 2.44. The third-order valence-electron chi connectivity index (χ3n) is 4.85. The summed E-state index contributed by atoms with van der Waals surface area (Å²) >= 11 is 1.50. The number of rotatable bonds is 3. The van der Waals surface area contributed by atoms with E-state index in [2.05, 4.69) is 9.97 Å². The first-order chi connectivity index (χ1) is 12.1. The molecule has 0 bridgehead atoms. The lowest BCUT2D eigenvalue weighted by Crippen LogP contribution is -2.52. The molecule has 0 aliphatic carbocycles. The standard InChI is InChI=1S/C17H16N4O3S/c22-15(12-1-2-13-14(9-12)25-11-19-13)20-6-3-17(4-7-20,16(23)24)21-8-5-18-10-21/h1-2,5,8-11H,3-4,6-7H2,(H,23,24). The minimum atomic E-state index is -1.03. The first-order valence-corrected chi connectivity index (χ1v) is 8.82. The Labute approximate surface area is 147 Å². The van der Waals surface area contributed by atoms with E-state index in [0.717, 1.165) is 10.2 Å². The second-order valence-corrected chi connectivity index (χ2v) is 7.02. The van der Waals surface area contributed by atoms with Crippen molar-refractivity contribution in [2.24, 2.45) is 0 Å². The predicted molar refractivity (Wildman–Crippen MR) is 92.6 cm³/mol. The van der Waals surface area contributed by atoms with Gasteiger partial charge in [0.25, 0.3) is 5.91 Å². The number of carboxylic acids is 1. The van der Waals surface area contributed by atoms with Crippen LogP contribution in [0.5, 0.6) is 0 Å². The van der Waals surface area contributed by atoms with E-state index in [1.807, 2.05) is 12.1 Å². The molecule has 0 unspecified atom stereocenters. The van der Waals surface area contributed by atoms with E-state index in [1.165, 1.54) is 17.7 Å². The molecule has 0 spiro atoms. The molecule has 128 valence electrons. The van der Waals surface area contributed by atoms with E-state index >= 15 is 0 Å². The van der Waals surface area contributed by atoms with Crippen molar-refractivity contribution in [3.63, 3.8) is 0 Å². The number of carbonyl (C=O) groups excluding carboxylic acids is 1. The van der Waals surface area contributed by atoms with E-state index in [9.17, 15) is 14.7 Å². The maximum atomic E-state index is 12.8. The fourth-order valence-corrected chi connectivity index (χ4v) is 4.06. The highest BCUT2D eigenvalue weighted by atomic mass is 32.1. The van der Waals surface area contributed by atoms with Gasteiger partial charge in [-0.3, -0.25) is 4.79 Å². The molecule has 0 atom stereocenters. The van der Waals surface area contributed by atoms with Gasteiger partial charge in [-0.05, 0) is 31.0 Å². The quantitative estimate of drug-likeness (QED) is 0.777. The van der Waals surface area contributed by atoms with Gasteiger partial charge in [-0.2, -0.15) is 0 Å². The van der Waals surface area contributed by atoms with E-state index in [0.29, 0.717) is 31.5 Å². The number of likely N-dealkylation sites (tertiary alicyclic amines) is 1. The molecule has 1 aliphatic heterocycles. The number of hydrogen-bond donors (Lipinski definition) is 1. The number of piperidine rings is 1. The van der Waals surface area contributed by atoms with E-state index < -0.39 is 11.5 Å². The molecular formula is C17H16N4O3S. The monoisotopic (exact) mass is 356 g/mol. The lowest BCUT2D eigenvalue weighted by molar-refractivity contribution is -0.150. The molecule has 25 heavy (non-hydrogen) atoms. The molecule has 0 radical (unpaired) electrons. The van der Waals surface area contributed by atoms with Gasteiger partial charge in [0.05, 0.1) is 22.1 Å². The van der Waals surface area contributed by atoms with Gasteiger partial charge in [-0.1, -0.05) is 0 Å². The Bertz CT molecular complexity index is 926. The second-order valence-electron chi connectivity index (χ2n) is 6.13. The van der Waals surface area contributed by atoms with Crippen molar-refractivity contribution in [3.05, 3.63) is 48.0 Å². The van der Waals surface area contributed by atoms with Crippen molar-refractivity contribution in [2.45, 2.75) is 18.4 Å². The summed E-state index contributed by atoms with van der Waals surface area (Å²) in [5, 5.41) is 9.74. The van der Waals surface area contributed by atoms with Crippen LogP contribution < -0.4 is 0 Å². The molecule has 1 N–H and O–H groups in total. The number of hydrogen-bond acceptors (Lipinski definition) is 5. The van der Waals surface area contributed by atoms with E-state index in [-0.39, 0.29) is 5.91 Å². The maximum absolute atomic E-state index is 12.8. The number of nitrogens with zero attached hydrogens (tertiary/aromatic N) is 4. The summed E-state index contributed by atoms with van der Waals surface area (Å²) in [6.45, 7) is 0.786. The largest absolute Gasteiger partial charge is 0.479 e. The summed E-state index contributed by atoms with van der Waals surface area (Å²) in [6.07, 6.45) is 5.49. The Balaban J connectivity index is 1.54.